The van der Waals surface area contributed by atoms with Crippen molar-refractivity contribution in [3.8, 4) is 11.1 Å². The van der Waals surface area contributed by atoms with Gasteiger partial charge < -0.3 is 11.1 Å². The lowest BCUT2D eigenvalue weighted by Gasteiger charge is -2.07. The lowest BCUT2D eigenvalue weighted by Crippen LogP contribution is -2.19. The number of rotatable bonds is 2. The molecule has 0 radical (unpaired) electrons. The summed E-state index contributed by atoms with van der Waals surface area (Å²) in [5.74, 6) is 0. The predicted molar refractivity (Wildman–Crippen MR) is 72.4 cm³/mol. The molecule has 0 aliphatic heterocycles. The van der Waals surface area contributed by atoms with Crippen molar-refractivity contribution in [2.45, 2.75) is 13.8 Å². The number of benzene rings is 1. The molecule has 0 fully saturated rings. The summed E-state index contributed by atoms with van der Waals surface area (Å²) in [6.07, 6.45) is 0. The smallest absolute Gasteiger partial charge is 0.316 e. The molecule has 0 saturated carbocycles. The molecule has 2 rings (SSSR count). The molecule has 0 spiro atoms. The number of carbonyl (C=O) groups is 1. The van der Waals surface area contributed by atoms with Crippen LogP contribution in [0.25, 0.3) is 11.1 Å². The second-order valence-corrected chi connectivity index (χ2v) is 4.21. The van der Waals surface area contributed by atoms with Gasteiger partial charge in [0.15, 0.2) is 0 Å². The number of nitrogens with one attached hydrogen (secondary N) is 1. The summed E-state index contributed by atoms with van der Waals surface area (Å²) in [5, 5.41) is 2.57. The van der Waals surface area contributed by atoms with Crippen LogP contribution in [-0.2, 0) is 0 Å². The number of pyridine rings is 1. The fourth-order valence-corrected chi connectivity index (χ4v) is 1.92. The van der Waals surface area contributed by atoms with Gasteiger partial charge in [0.2, 0.25) is 0 Å². The summed E-state index contributed by atoms with van der Waals surface area (Å²) < 4.78 is 0. The third-order valence-corrected chi connectivity index (χ3v) is 2.54. The van der Waals surface area contributed by atoms with E-state index in [1.165, 1.54) is 0 Å². The van der Waals surface area contributed by atoms with Crippen LogP contribution in [0.5, 0.6) is 0 Å². The third kappa shape index (κ3) is 2.85. The Kier molecular flexibility index (Phi) is 3.28. The second kappa shape index (κ2) is 4.87. The molecule has 1 heterocycles. The number of hydrogen-bond donors (Lipinski definition) is 2. The van der Waals surface area contributed by atoms with Crippen LogP contribution in [0.2, 0.25) is 0 Å². The van der Waals surface area contributed by atoms with Crippen molar-refractivity contribution in [2.24, 2.45) is 5.73 Å². The van der Waals surface area contributed by atoms with E-state index in [0.29, 0.717) is 5.69 Å². The highest BCUT2D eigenvalue weighted by Crippen LogP contribution is 2.23. The van der Waals surface area contributed by atoms with E-state index in [1.807, 2.05) is 44.2 Å². The second-order valence-electron chi connectivity index (χ2n) is 4.21. The number of urea groups is 1. The normalized spacial score (nSPS) is 10.1. The highest BCUT2D eigenvalue weighted by Gasteiger charge is 2.02. The maximum Gasteiger partial charge on any atom is 0.316 e. The summed E-state index contributed by atoms with van der Waals surface area (Å²) in [5.41, 5.74) is 9.83. The highest BCUT2D eigenvalue weighted by atomic mass is 16.2. The van der Waals surface area contributed by atoms with Crippen LogP contribution >= 0.6 is 0 Å². The summed E-state index contributed by atoms with van der Waals surface area (Å²) in [7, 11) is 0. The van der Waals surface area contributed by atoms with Crippen molar-refractivity contribution in [2.75, 3.05) is 5.32 Å². The predicted octanol–water partition coefficient (Wildman–Crippen LogP) is 2.86. The van der Waals surface area contributed by atoms with E-state index in [2.05, 4.69) is 10.3 Å². The molecule has 0 aliphatic rings. The third-order valence-electron chi connectivity index (χ3n) is 2.54. The molecule has 0 bridgehead atoms. The number of primary amides is 1. The zero-order valence-electron chi connectivity index (χ0n) is 10.4. The lowest BCUT2D eigenvalue weighted by molar-refractivity contribution is 0.259. The average molecular weight is 241 g/mol. The van der Waals surface area contributed by atoms with Crippen LogP contribution in [0.1, 0.15) is 11.4 Å². The first kappa shape index (κ1) is 12.1. The molecule has 0 saturated heterocycles. The number of anilines is 1. The van der Waals surface area contributed by atoms with Crippen molar-refractivity contribution in [3.05, 3.63) is 47.8 Å². The SMILES string of the molecule is Cc1cc(-c2cccc(NC(N)=O)c2)cc(C)n1. The summed E-state index contributed by atoms with van der Waals surface area (Å²) >= 11 is 0. The Balaban J connectivity index is 2.41. The first-order valence-electron chi connectivity index (χ1n) is 5.67. The first-order chi connectivity index (χ1) is 8.54. The summed E-state index contributed by atoms with van der Waals surface area (Å²) in [4.78, 5) is 15.2. The molecule has 1 aromatic heterocycles. The van der Waals surface area contributed by atoms with Crippen LogP contribution in [0.4, 0.5) is 10.5 Å². The molecule has 3 N–H and O–H groups in total. The van der Waals surface area contributed by atoms with Crippen molar-refractivity contribution in [3.63, 3.8) is 0 Å². The van der Waals surface area contributed by atoms with Crippen LogP contribution in [-0.4, -0.2) is 11.0 Å². The molecule has 1 aromatic carbocycles. The molecule has 0 unspecified atom stereocenters. The van der Waals surface area contributed by atoms with Crippen LogP contribution < -0.4 is 11.1 Å². The molecule has 92 valence electrons. The van der Waals surface area contributed by atoms with E-state index in [1.54, 1.807) is 6.07 Å². The van der Waals surface area contributed by atoms with Gasteiger partial charge in [-0.25, -0.2) is 4.79 Å². The molecule has 2 aromatic rings. The zero-order chi connectivity index (χ0) is 13.1. The van der Waals surface area contributed by atoms with Gasteiger partial charge in [-0.15, -0.1) is 0 Å². The van der Waals surface area contributed by atoms with E-state index < -0.39 is 6.03 Å². The lowest BCUT2D eigenvalue weighted by atomic mass is 10.0. The first-order valence-corrected chi connectivity index (χ1v) is 5.67. The molecule has 4 heteroatoms. The van der Waals surface area contributed by atoms with Gasteiger partial charge in [-0.1, -0.05) is 12.1 Å². The maximum absolute atomic E-state index is 10.8. The van der Waals surface area contributed by atoms with E-state index >= 15 is 0 Å². The number of hydrogen-bond acceptors (Lipinski definition) is 2. The number of nitrogens with zero attached hydrogens (tertiary/aromatic N) is 1. The monoisotopic (exact) mass is 241 g/mol. The fraction of sp³-hybridized carbons (Fsp3) is 0.143. The minimum atomic E-state index is -0.561. The van der Waals surface area contributed by atoms with Crippen LogP contribution in [0.15, 0.2) is 36.4 Å². The number of nitrogens with two attached hydrogens (primary N) is 1. The number of aromatic nitrogens is 1. The molecule has 0 atom stereocenters. The average Bonchev–Trinajstić information content (AvgIpc) is 2.27. The van der Waals surface area contributed by atoms with E-state index in [4.69, 9.17) is 5.73 Å². The Morgan fingerprint density at radius 2 is 1.78 bits per heavy atom. The summed E-state index contributed by atoms with van der Waals surface area (Å²) in [6, 6.07) is 11.0. The van der Waals surface area contributed by atoms with Crippen molar-refractivity contribution < 1.29 is 4.79 Å². The molecule has 18 heavy (non-hydrogen) atoms. The number of amides is 2. The van der Waals surface area contributed by atoms with E-state index in [-0.39, 0.29) is 0 Å². The number of aryl methyl sites for hydroxylation is 2. The zero-order valence-corrected chi connectivity index (χ0v) is 10.4. The largest absolute Gasteiger partial charge is 0.351 e. The van der Waals surface area contributed by atoms with Gasteiger partial charge in [0.1, 0.15) is 0 Å². The molecular weight excluding hydrogens is 226 g/mol. The van der Waals surface area contributed by atoms with Gasteiger partial charge in [0.05, 0.1) is 0 Å². The molecular formula is C14H15N3O. The number of carbonyl (C=O) groups excluding carboxylic acids is 1. The minimum absolute atomic E-state index is 0.561. The van der Waals surface area contributed by atoms with Crippen molar-refractivity contribution >= 4 is 11.7 Å². The molecule has 2 amide bonds. The Morgan fingerprint density at radius 1 is 1.11 bits per heavy atom. The van der Waals surface area contributed by atoms with E-state index in [0.717, 1.165) is 22.5 Å². The van der Waals surface area contributed by atoms with Gasteiger partial charge in [-0.3, -0.25) is 4.98 Å². The van der Waals surface area contributed by atoms with Crippen molar-refractivity contribution in [1.82, 2.24) is 4.98 Å². The topological polar surface area (TPSA) is 68.0 Å². The maximum atomic E-state index is 10.8. The highest BCUT2D eigenvalue weighted by molar-refractivity contribution is 5.88. The van der Waals surface area contributed by atoms with E-state index in [9.17, 15) is 4.79 Å². The fourth-order valence-electron chi connectivity index (χ4n) is 1.92. The Labute approximate surface area is 106 Å². The van der Waals surface area contributed by atoms with Crippen LogP contribution in [0.3, 0.4) is 0 Å². The van der Waals surface area contributed by atoms with Gasteiger partial charge in [0, 0.05) is 17.1 Å². The van der Waals surface area contributed by atoms with Gasteiger partial charge >= 0.3 is 6.03 Å². The Hall–Kier alpha value is -2.36. The quantitative estimate of drug-likeness (QED) is 0.848. The Morgan fingerprint density at radius 3 is 2.39 bits per heavy atom. The van der Waals surface area contributed by atoms with Crippen LogP contribution in [0, 0.1) is 13.8 Å². The summed E-state index contributed by atoms with van der Waals surface area (Å²) in [6.45, 7) is 3.92. The van der Waals surface area contributed by atoms with Gasteiger partial charge in [-0.05, 0) is 49.2 Å². The van der Waals surface area contributed by atoms with Crippen molar-refractivity contribution in [1.29, 1.82) is 0 Å². The minimum Gasteiger partial charge on any atom is -0.351 e. The Bertz CT molecular complexity index is 573. The van der Waals surface area contributed by atoms with Gasteiger partial charge in [-0.2, -0.15) is 0 Å². The van der Waals surface area contributed by atoms with Gasteiger partial charge in [0.25, 0.3) is 0 Å². The molecule has 4 nitrogen and oxygen atoms in total. The standard InChI is InChI=1S/C14H15N3O/c1-9-6-12(7-10(2)16-9)11-4-3-5-13(8-11)17-14(15)18/h3-8H,1-2H3,(H3,15,17,18). The molecule has 0 aliphatic carbocycles.